The minimum Gasteiger partial charge on any atom is -0.458 e. The first-order valence-electron chi connectivity index (χ1n) is 11.4. The normalized spacial score (nSPS) is 25.8. The SMILES string of the molecule is O=C(OCC1=C[C@@H]2CC[C@H]1[C@@H]1C(=O)N(c3ccccc3)C(=O)[C@@H]12)c1ccc2ccccc2c1. The highest BCUT2D eigenvalue weighted by molar-refractivity contribution is 6.22. The quantitative estimate of drug-likeness (QED) is 0.335. The van der Waals surface area contributed by atoms with E-state index in [0.717, 1.165) is 29.2 Å². The molecule has 2 amide bonds. The first-order valence-corrected chi connectivity index (χ1v) is 11.4. The summed E-state index contributed by atoms with van der Waals surface area (Å²) in [6, 6.07) is 22.6. The minimum absolute atomic E-state index is 0.0135. The Bertz CT molecular complexity index is 1310. The number of allylic oxidation sites excluding steroid dienone is 1. The van der Waals surface area contributed by atoms with Crippen LogP contribution in [0.1, 0.15) is 23.2 Å². The number of hydrogen-bond acceptors (Lipinski definition) is 4. The van der Waals surface area contributed by atoms with Crippen LogP contribution in [0.4, 0.5) is 5.69 Å². The first-order chi connectivity index (χ1) is 16.1. The number of carbonyl (C=O) groups is 3. The summed E-state index contributed by atoms with van der Waals surface area (Å²) in [5.74, 6) is -1.33. The molecule has 3 aromatic carbocycles. The van der Waals surface area contributed by atoms with Crippen LogP contribution in [0.25, 0.3) is 10.8 Å². The molecule has 0 aromatic heterocycles. The Kier molecular flexibility index (Phi) is 4.64. The van der Waals surface area contributed by atoms with Gasteiger partial charge in [0.2, 0.25) is 11.8 Å². The number of benzene rings is 3. The van der Waals surface area contributed by atoms with Gasteiger partial charge >= 0.3 is 5.97 Å². The zero-order chi connectivity index (χ0) is 22.5. The van der Waals surface area contributed by atoms with Gasteiger partial charge < -0.3 is 4.74 Å². The van der Waals surface area contributed by atoms with Gasteiger partial charge in [0.05, 0.1) is 23.1 Å². The Balaban J connectivity index is 1.21. The number of ether oxygens (including phenoxy) is 1. The number of carbonyl (C=O) groups excluding carboxylic acids is 3. The Morgan fingerprint density at radius 2 is 1.58 bits per heavy atom. The number of para-hydroxylation sites is 1. The van der Waals surface area contributed by atoms with Gasteiger partial charge in [-0.15, -0.1) is 0 Å². The molecule has 1 heterocycles. The summed E-state index contributed by atoms with van der Waals surface area (Å²) in [6.45, 7) is 0.156. The average molecular weight is 437 g/mol. The van der Waals surface area contributed by atoms with Crippen molar-refractivity contribution in [3.8, 4) is 0 Å². The average Bonchev–Trinajstić information content (AvgIpc) is 3.15. The summed E-state index contributed by atoms with van der Waals surface area (Å²) in [5, 5.41) is 2.06. The molecule has 0 unspecified atom stereocenters. The second-order valence-electron chi connectivity index (χ2n) is 9.13. The van der Waals surface area contributed by atoms with E-state index in [9.17, 15) is 14.4 Å². The van der Waals surface area contributed by atoms with Crippen molar-refractivity contribution < 1.29 is 19.1 Å². The lowest BCUT2D eigenvalue weighted by Crippen LogP contribution is -2.42. The van der Waals surface area contributed by atoms with E-state index in [0.29, 0.717) is 11.3 Å². The molecule has 3 aliphatic carbocycles. The van der Waals surface area contributed by atoms with Crippen molar-refractivity contribution in [3.63, 3.8) is 0 Å². The molecule has 1 saturated heterocycles. The predicted molar refractivity (Wildman–Crippen MR) is 124 cm³/mol. The van der Waals surface area contributed by atoms with Crippen LogP contribution in [0.15, 0.2) is 84.4 Å². The van der Waals surface area contributed by atoms with Crippen LogP contribution in [0.2, 0.25) is 0 Å². The third-order valence-corrected chi connectivity index (χ3v) is 7.38. The van der Waals surface area contributed by atoms with Crippen molar-refractivity contribution in [1.29, 1.82) is 0 Å². The van der Waals surface area contributed by atoms with Crippen molar-refractivity contribution >= 4 is 34.2 Å². The van der Waals surface area contributed by atoms with Crippen molar-refractivity contribution in [1.82, 2.24) is 0 Å². The summed E-state index contributed by atoms with van der Waals surface area (Å²) >= 11 is 0. The molecule has 33 heavy (non-hydrogen) atoms. The topological polar surface area (TPSA) is 63.7 Å². The number of esters is 1. The van der Waals surface area contributed by atoms with Gasteiger partial charge in [0.1, 0.15) is 6.61 Å². The molecule has 3 aromatic rings. The second kappa shape index (κ2) is 7.69. The van der Waals surface area contributed by atoms with E-state index < -0.39 is 0 Å². The lowest BCUT2D eigenvalue weighted by molar-refractivity contribution is -0.124. The number of rotatable bonds is 4. The zero-order valence-corrected chi connectivity index (χ0v) is 18.0. The number of hydrogen-bond donors (Lipinski definition) is 0. The summed E-state index contributed by atoms with van der Waals surface area (Å²) in [7, 11) is 0. The molecule has 4 aliphatic rings. The Hall–Kier alpha value is -3.73. The minimum atomic E-state index is -0.376. The number of fused-ring (bicyclic) bond motifs is 2. The molecule has 164 valence electrons. The predicted octanol–water partition coefficient (Wildman–Crippen LogP) is 4.77. The van der Waals surface area contributed by atoms with E-state index in [1.165, 1.54) is 4.90 Å². The van der Waals surface area contributed by atoms with Gasteiger partial charge in [-0.1, -0.05) is 54.6 Å². The van der Waals surface area contributed by atoms with Crippen molar-refractivity contribution in [2.24, 2.45) is 23.7 Å². The Morgan fingerprint density at radius 3 is 2.39 bits per heavy atom. The fourth-order valence-corrected chi connectivity index (χ4v) is 5.85. The van der Waals surface area contributed by atoms with Crippen LogP contribution in [-0.2, 0) is 14.3 Å². The van der Waals surface area contributed by atoms with Gasteiger partial charge in [-0.25, -0.2) is 4.79 Å². The number of imide groups is 1. The van der Waals surface area contributed by atoms with E-state index in [4.69, 9.17) is 4.74 Å². The van der Waals surface area contributed by atoms with E-state index >= 15 is 0 Å². The summed E-state index contributed by atoms with van der Waals surface area (Å²) in [5.41, 5.74) is 2.11. The van der Waals surface area contributed by atoms with E-state index in [1.807, 2.05) is 54.6 Å². The molecule has 0 radical (unpaired) electrons. The Morgan fingerprint density at radius 1 is 0.848 bits per heavy atom. The number of amides is 2. The molecule has 1 saturated carbocycles. The number of nitrogens with zero attached hydrogens (tertiary/aromatic N) is 1. The molecular weight excluding hydrogens is 414 g/mol. The van der Waals surface area contributed by atoms with Crippen molar-refractivity contribution in [3.05, 3.63) is 90.0 Å². The highest BCUT2D eigenvalue weighted by Gasteiger charge is 2.58. The van der Waals surface area contributed by atoms with Gasteiger partial charge in [0.15, 0.2) is 0 Å². The van der Waals surface area contributed by atoms with Crippen LogP contribution in [-0.4, -0.2) is 24.4 Å². The first kappa shape index (κ1) is 19.9. The lowest BCUT2D eigenvalue weighted by Gasteiger charge is -2.42. The maximum atomic E-state index is 13.3. The largest absolute Gasteiger partial charge is 0.458 e. The monoisotopic (exact) mass is 437 g/mol. The van der Waals surface area contributed by atoms with Crippen molar-refractivity contribution in [2.45, 2.75) is 12.8 Å². The third kappa shape index (κ3) is 3.18. The third-order valence-electron chi connectivity index (χ3n) is 7.38. The fraction of sp³-hybridized carbons (Fsp3) is 0.250. The standard InChI is InChI=1S/C28H23NO4/c30-26-24-19-12-13-23(25(24)27(31)29(26)22-8-2-1-3-9-22)21(15-19)16-33-28(32)20-11-10-17-6-4-5-7-18(17)14-20/h1-11,14-15,19,23-25H,12-13,16H2/t19-,23+,24+,25-/m0/s1. The Labute approximate surface area is 191 Å². The summed E-state index contributed by atoms with van der Waals surface area (Å²) in [4.78, 5) is 40.6. The second-order valence-corrected chi connectivity index (χ2v) is 9.13. The van der Waals surface area contributed by atoms with Gasteiger partial charge in [-0.2, -0.15) is 0 Å². The van der Waals surface area contributed by atoms with Gasteiger partial charge in [0.25, 0.3) is 0 Å². The van der Waals surface area contributed by atoms with Crippen LogP contribution < -0.4 is 4.90 Å². The van der Waals surface area contributed by atoms with E-state index in [2.05, 4.69) is 6.08 Å². The maximum absolute atomic E-state index is 13.3. The molecular formula is C28H23NO4. The molecule has 0 N–H and O–H groups in total. The van der Waals surface area contributed by atoms with E-state index in [-0.39, 0.29) is 48.1 Å². The number of anilines is 1. The highest BCUT2D eigenvalue weighted by Crippen LogP contribution is 2.53. The van der Waals surface area contributed by atoms with Gasteiger partial charge in [-0.3, -0.25) is 14.5 Å². The van der Waals surface area contributed by atoms with Gasteiger partial charge in [0, 0.05) is 0 Å². The van der Waals surface area contributed by atoms with Crippen LogP contribution in [0.3, 0.4) is 0 Å². The molecule has 2 bridgehead atoms. The van der Waals surface area contributed by atoms with Gasteiger partial charge in [-0.05, 0) is 65.3 Å². The van der Waals surface area contributed by atoms with Crippen LogP contribution in [0, 0.1) is 23.7 Å². The molecule has 5 nitrogen and oxygen atoms in total. The van der Waals surface area contributed by atoms with Crippen LogP contribution >= 0.6 is 0 Å². The molecule has 4 atom stereocenters. The lowest BCUT2D eigenvalue weighted by atomic mass is 9.60. The molecule has 1 aliphatic heterocycles. The molecule has 5 heteroatoms. The maximum Gasteiger partial charge on any atom is 0.338 e. The van der Waals surface area contributed by atoms with Crippen molar-refractivity contribution in [2.75, 3.05) is 11.5 Å². The molecule has 2 fully saturated rings. The molecule has 0 spiro atoms. The highest BCUT2D eigenvalue weighted by atomic mass is 16.5. The summed E-state index contributed by atoms with van der Waals surface area (Å²) < 4.78 is 5.67. The smallest absolute Gasteiger partial charge is 0.338 e. The molecule has 7 rings (SSSR count). The fourth-order valence-electron chi connectivity index (χ4n) is 5.85. The zero-order valence-electron chi connectivity index (χ0n) is 18.0. The summed E-state index contributed by atoms with van der Waals surface area (Å²) in [6.07, 6.45) is 3.81. The van der Waals surface area contributed by atoms with Crippen LogP contribution in [0.5, 0.6) is 0 Å². The van der Waals surface area contributed by atoms with E-state index in [1.54, 1.807) is 18.2 Å².